The summed E-state index contributed by atoms with van der Waals surface area (Å²) in [6.07, 6.45) is 9.84. The molecule has 2 unspecified atom stereocenters. The van der Waals surface area contributed by atoms with Crippen molar-refractivity contribution in [3.05, 3.63) is 59.2 Å². The van der Waals surface area contributed by atoms with Gasteiger partial charge in [-0.05, 0) is 61.2 Å². The van der Waals surface area contributed by atoms with Gasteiger partial charge in [0.05, 0.1) is 12.6 Å². The molecule has 3 aromatic heterocycles. The van der Waals surface area contributed by atoms with E-state index in [1.807, 2.05) is 18.3 Å². The van der Waals surface area contributed by atoms with Gasteiger partial charge in [-0.1, -0.05) is 6.42 Å². The maximum Gasteiger partial charge on any atom is 0.140 e. The lowest BCUT2D eigenvalue weighted by molar-refractivity contribution is 0.121. The highest BCUT2D eigenvalue weighted by Crippen LogP contribution is 2.36. The fourth-order valence-electron chi connectivity index (χ4n) is 4.84. The number of pyridine rings is 2. The van der Waals surface area contributed by atoms with Crippen molar-refractivity contribution < 1.29 is 5.11 Å². The number of hydrogen-bond acceptors (Lipinski definition) is 4. The summed E-state index contributed by atoms with van der Waals surface area (Å²) in [7, 11) is 0. The van der Waals surface area contributed by atoms with Crippen LogP contribution in [0.5, 0.6) is 0 Å². The lowest BCUT2D eigenvalue weighted by Gasteiger charge is -2.39. The highest BCUT2D eigenvalue weighted by Gasteiger charge is 2.33. The number of aryl methyl sites for hydroxylation is 1. The first-order chi connectivity index (χ1) is 13.2. The summed E-state index contributed by atoms with van der Waals surface area (Å²) < 4.78 is 2.28. The zero-order valence-electron chi connectivity index (χ0n) is 15.8. The number of aliphatic hydroxyl groups is 1. The molecule has 0 spiro atoms. The molecule has 140 valence electrons. The zero-order chi connectivity index (χ0) is 18.4. The van der Waals surface area contributed by atoms with Crippen molar-refractivity contribution in [3.63, 3.8) is 0 Å². The standard InChI is InChI=1S/C22H26N4O/c1-15-10-18-19-13-25-9-3-2-4-17(25)11-20(19)26(22(18)24-12-15)14-21(27)16-5-7-23-8-6-16/h5-8,10,12,17,21,27H,2-4,9,11,13-14H2,1H3. The van der Waals surface area contributed by atoms with E-state index >= 15 is 0 Å². The van der Waals surface area contributed by atoms with Gasteiger partial charge in [0.25, 0.3) is 0 Å². The summed E-state index contributed by atoms with van der Waals surface area (Å²) in [5.41, 5.74) is 5.90. The van der Waals surface area contributed by atoms with Crippen LogP contribution in [0.1, 0.15) is 47.8 Å². The number of rotatable bonds is 3. The van der Waals surface area contributed by atoms with Crippen LogP contribution in [0.2, 0.25) is 0 Å². The first-order valence-electron chi connectivity index (χ1n) is 9.99. The molecule has 0 amide bonds. The van der Waals surface area contributed by atoms with Gasteiger partial charge in [0.1, 0.15) is 5.65 Å². The predicted octanol–water partition coefficient (Wildman–Crippen LogP) is 3.38. The molecule has 2 aliphatic heterocycles. The number of piperidine rings is 1. The molecule has 0 aliphatic carbocycles. The number of nitrogens with zero attached hydrogens (tertiary/aromatic N) is 4. The van der Waals surface area contributed by atoms with E-state index in [2.05, 4.69) is 27.4 Å². The smallest absolute Gasteiger partial charge is 0.140 e. The SMILES string of the molecule is Cc1cnc2c(c1)c1c(n2CC(O)c2ccncc2)CC2CCCCN2C1. The van der Waals surface area contributed by atoms with E-state index in [0.717, 1.165) is 24.2 Å². The van der Waals surface area contributed by atoms with Crippen molar-refractivity contribution in [2.24, 2.45) is 0 Å². The monoisotopic (exact) mass is 362 g/mol. The molecule has 1 N–H and O–H groups in total. The van der Waals surface area contributed by atoms with Crippen LogP contribution in [-0.2, 0) is 19.5 Å². The summed E-state index contributed by atoms with van der Waals surface area (Å²) in [6, 6.07) is 6.68. The molecule has 27 heavy (non-hydrogen) atoms. The first kappa shape index (κ1) is 16.9. The molecule has 2 aliphatic rings. The second-order valence-corrected chi connectivity index (χ2v) is 8.04. The Morgan fingerprint density at radius 2 is 2.11 bits per heavy atom. The molecule has 5 rings (SSSR count). The quantitative estimate of drug-likeness (QED) is 0.776. The van der Waals surface area contributed by atoms with Crippen molar-refractivity contribution >= 4 is 11.0 Å². The molecule has 5 heterocycles. The lowest BCUT2D eigenvalue weighted by atomic mass is 9.91. The fourth-order valence-corrected chi connectivity index (χ4v) is 4.84. The van der Waals surface area contributed by atoms with Crippen molar-refractivity contribution in [3.8, 4) is 0 Å². The predicted molar refractivity (Wildman–Crippen MR) is 105 cm³/mol. The Bertz CT molecular complexity index is 965. The molecule has 5 nitrogen and oxygen atoms in total. The van der Waals surface area contributed by atoms with Crippen molar-refractivity contribution in [2.45, 2.75) is 57.8 Å². The Balaban J connectivity index is 1.59. The van der Waals surface area contributed by atoms with E-state index in [1.165, 1.54) is 48.0 Å². The van der Waals surface area contributed by atoms with Gasteiger partial charge in [-0.3, -0.25) is 9.88 Å². The fraction of sp³-hybridized carbons (Fsp3) is 0.455. The molecule has 1 fully saturated rings. The molecule has 3 aromatic rings. The van der Waals surface area contributed by atoms with E-state index in [9.17, 15) is 5.11 Å². The second kappa shape index (κ2) is 6.73. The van der Waals surface area contributed by atoms with Crippen molar-refractivity contribution in [1.29, 1.82) is 0 Å². The third kappa shape index (κ3) is 2.95. The minimum Gasteiger partial charge on any atom is -0.387 e. The summed E-state index contributed by atoms with van der Waals surface area (Å²) in [5.74, 6) is 0. The maximum absolute atomic E-state index is 10.9. The third-order valence-corrected chi connectivity index (χ3v) is 6.24. The molecule has 0 radical (unpaired) electrons. The third-order valence-electron chi connectivity index (χ3n) is 6.24. The van der Waals surface area contributed by atoms with Crippen LogP contribution in [-0.4, -0.2) is 37.1 Å². The average molecular weight is 362 g/mol. The Hall–Kier alpha value is -2.24. The zero-order valence-corrected chi connectivity index (χ0v) is 15.8. The van der Waals surface area contributed by atoms with Gasteiger partial charge in [-0.2, -0.15) is 0 Å². The molecule has 5 heteroatoms. The van der Waals surface area contributed by atoms with Crippen LogP contribution < -0.4 is 0 Å². The Morgan fingerprint density at radius 3 is 2.96 bits per heavy atom. The van der Waals surface area contributed by atoms with E-state index in [-0.39, 0.29) is 0 Å². The summed E-state index contributed by atoms with van der Waals surface area (Å²) in [6.45, 7) is 4.86. The number of aromatic nitrogens is 3. The van der Waals surface area contributed by atoms with Crippen LogP contribution in [0, 0.1) is 6.92 Å². The van der Waals surface area contributed by atoms with E-state index in [4.69, 9.17) is 4.98 Å². The first-order valence-corrected chi connectivity index (χ1v) is 9.99. The van der Waals surface area contributed by atoms with Gasteiger partial charge in [-0.15, -0.1) is 0 Å². The molecular weight excluding hydrogens is 336 g/mol. The Kier molecular flexibility index (Phi) is 4.21. The van der Waals surface area contributed by atoms with Crippen LogP contribution >= 0.6 is 0 Å². The van der Waals surface area contributed by atoms with E-state index < -0.39 is 6.10 Å². The molecular formula is C22H26N4O. The van der Waals surface area contributed by atoms with Gasteiger partial charge in [0.2, 0.25) is 0 Å². The summed E-state index contributed by atoms with van der Waals surface area (Å²) in [4.78, 5) is 11.5. The Morgan fingerprint density at radius 1 is 1.26 bits per heavy atom. The van der Waals surface area contributed by atoms with Crippen LogP contribution in [0.3, 0.4) is 0 Å². The van der Waals surface area contributed by atoms with Crippen LogP contribution in [0.25, 0.3) is 11.0 Å². The van der Waals surface area contributed by atoms with Gasteiger partial charge in [-0.25, -0.2) is 4.98 Å². The Labute approximate surface area is 159 Å². The average Bonchev–Trinajstić information content (AvgIpc) is 2.99. The van der Waals surface area contributed by atoms with Crippen LogP contribution in [0.4, 0.5) is 0 Å². The van der Waals surface area contributed by atoms with Crippen molar-refractivity contribution in [2.75, 3.05) is 6.54 Å². The van der Waals surface area contributed by atoms with Crippen LogP contribution in [0.15, 0.2) is 36.8 Å². The second-order valence-electron chi connectivity index (χ2n) is 8.04. The highest BCUT2D eigenvalue weighted by atomic mass is 16.3. The number of fused-ring (bicyclic) bond motifs is 4. The molecule has 0 saturated carbocycles. The maximum atomic E-state index is 10.9. The minimum atomic E-state index is -0.555. The topological polar surface area (TPSA) is 54.2 Å². The lowest BCUT2D eigenvalue weighted by Crippen LogP contribution is -2.43. The van der Waals surface area contributed by atoms with Gasteiger partial charge >= 0.3 is 0 Å². The largest absolute Gasteiger partial charge is 0.387 e. The number of hydrogen-bond donors (Lipinski definition) is 1. The van der Waals surface area contributed by atoms with E-state index in [0.29, 0.717) is 12.6 Å². The number of aliphatic hydroxyl groups excluding tert-OH is 1. The molecule has 0 aromatic carbocycles. The molecule has 2 atom stereocenters. The van der Waals surface area contributed by atoms with Gasteiger partial charge < -0.3 is 9.67 Å². The summed E-state index contributed by atoms with van der Waals surface area (Å²) in [5, 5.41) is 12.1. The summed E-state index contributed by atoms with van der Waals surface area (Å²) >= 11 is 0. The van der Waals surface area contributed by atoms with Gasteiger partial charge in [0, 0.05) is 48.7 Å². The van der Waals surface area contributed by atoms with E-state index in [1.54, 1.807) is 12.4 Å². The van der Waals surface area contributed by atoms with Crippen molar-refractivity contribution in [1.82, 2.24) is 19.4 Å². The minimum absolute atomic E-state index is 0.540. The van der Waals surface area contributed by atoms with Gasteiger partial charge in [0.15, 0.2) is 0 Å². The molecule has 1 saturated heterocycles. The molecule has 0 bridgehead atoms. The normalized spacial score (nSPS) is 21.0. The highest BCUT2D eigenvalue weighted by molar-refractivity contribution is 5.83.